The number of methoxy groups -OCH3 is 1. The van der Waals surface area contributed by atoms with Gasteiger partial charge in [0.15, 0.2) is 0 Å². The van der Waals surface area contributed by atoms with Crippen molar-refractivity contribution in [1.29, 1.82) is 0 Å². The van der Waals surface area contributed by atoms with Gasteiger partial charge < -0.3 is 10.5 Å². The van der Waals surface area contributed by atoms with Gasteiger partial charge in [0, 0.05) is 11.6 Å². The molecule has 0 unspecified atom stereocenters. The molecule has 0 heterocycles. The fourth-order valence-electron chi connectivity index (χ4n) is 1.61. The van der Waals surface area contributed by atoms with E-state index in [-0.39, 0.29) is 11.4 Å². The Balaban J connectivity index is 2.32. The smallest absolute Gasteiger partial charge is 0.136 e. The van der Waals surface area contributed by atoms with E-state index in [0.717, 1.165) is 22.9 Å². The molecule has 0 bridgehead atoms. The fourth-order valence-corrected chi connectivity index (χ4v) is 2.14. The van der Waals surface area contributed by atoms with E-state index in [1.165, 1.54) is 19.2 Å². The zero-order valence-corrected chi connectivity index (χ0v) is 10.1. The lowest BCUT2D eigenvalue weighted by atomic mass is 10.0. The number of nitrogens with two attached hydrogens (primary N) is 1. The Hall–Kier alpha value is -0.610. The molecule has 0 aliphatic heterocycles. The zero-order chi connectivity index (χ0) is 11.1. The van der Waals surface area contributed by atoms with Crippen LogP contribution in [0.4, 0.5) is 4.39 Å². The minimum absolute atomic E-state index is 0.124. The second kappa shape index (κ2) is 3.76. The third kappa shape index (κ3) is 2.32. The minimum Gasteiger partial charge on any atom is -0.495 e. The number of halogens is 2. The number of ether oxygens (including phenoxy) is 1. The Kier molecular flexibility index (Phi) is 2.73. The Labute approximate surface area is 96.7 Å². The molecule has 1 aromatic carbocycles. The number of hydrogen-bond acceptors (Lipinski definition) is 2. The molecule has 0 spiro atoms. The van der Waals surface area contributed by atoms with Gasteiger partial charge in [0.05, 0.1) is 11.6 Å². The van der Waals surface area contributed by atoms with Crippen LogP contribution in [0.15, 0.2) is 16.6 Å². The van der Waals surface area contributed by atoms with Crippen LogP contribution in [0.5, 0.6) is 5.75 Å². The first-order chi connectivity index (χ1) is 7.04. The summed E-state index contributed by atoms with van der Waals surface area (Å²) in [7, 11) is 1.53. The second-order valence-electron chi connectivity index (χ2n) is 4.12. The van der Waals surface area contributed by atoms with Crippen molar-refractivity contribution in [2.24, 2.45) is 5.73 Å². The normalized spacial score (nSPS) is 17.6. The van der Waals surface area contributed by atoms with Crippen LogP contribution in [0, 0.1) is 5.82 Å². The first kappa shape index (κ1) is 10.9. The van der Waals surface area contributed by atoms with Crippen LogP contribution < -0.4 is 10.5 Å². The zero-order valence-electron chi connectivity index (χ0n) is 8.52. The van der Waals surface area contributed by atoms with Crippen molar-refractivity contribution in [3.05, 3.63) is 28.0 Å². The molecule has 82 valence electrons. The molecular formula is C11H13BrFNO. The maximum atomic E-state index is 13.2. The molecule has 1 saturated carbocycles. The van der Waals surface area contributed by atoms with Crippen molar-refractivity contribution in [1.82, 2.24) is 0 Å². The van der Waals surface area contributed by atoms with E-state index in [2.05, 4.69) is 15.9 Å². The standard InChI is InChI=1S/C11H13BrFNO/c1-15-9-5-8(13)4-7(10(9)12)6-11(14)2-3-11/h4-5H,2-3,6,14H2,1H3. The average Bonchev–Trinajstić information content (AvgIpc) is 2.89. The van der Waals surface area contributed by atoms with Crippen molar-refractivity contribution >= 4 is 15.9 Å². The highest BCUT2D eigenvalue weighted by atomic mass is 79.9. The van der Waals surface area contributed by atoms with Gasteiger partial charge in [-0.1, -0.05) is 0 Å². The molecule has 0 amide bonds. The molecule has 2 nitrogen and oxygen atoms in total. The summed E-state index contributed by atoms with van der Waals surface area (Å²) in [4.78, 5) is 0. The van der Waals surface area contributed by atoms with Crippen molar-refractivity contribution in [3.8, 4) is 5.75 Å². The van der Waals surface area contributed by atoms with Gasteiger partial charge in [-0.3, -0.25) is 0 Å². The van der Waals surface area contributed by atoms with Crippen molar-refractivity contribution in [3.63, 3.8) is 0 Å². The molecule has 1 fully saturated rings. The summed E-state index contributed by atoms with van der Waals surface area (Å²) in [6.07, 6.45) is 2.72. The summed E-state index contributed by atoms with van der Waals surface area (Å²) in [5.74, 6) is 0.239. The molecule has 1 aliphatic rings. The largest absolute Gasteiger partial charge is 0.495 e. The predicted molar refractivity (Wildman–Crippen MR) is 60.5 cm³/mol. The first-order valence-electron chi connectivity index (χ1n) is 4.85. The van der Waals surface area contributed by atoms with Crippen molar-refractivity contribution < 1.29 is 9.13 Å². The monoisotopic (exact) mass is 273 g/mol. The highest BCUT2D eigenvalue weighted by molar-refractivity contribution is 9.10. The number of benzene rings is 1. The van der Waals surface area contributed by atoms with Crippen molar-refractivity contribution in [2.45, 2.75) is 24.8 Å². The number of rotatable bonds is 3. The quantitative estimate of drug-likeness (QED) is 0.919. The third-order valence-electron chi connectivity index (χ3n) is 2.73. The second-order valence-corrected chi connectivity index (χ2v) is 4.91. The fraction of sp³-hybridized carbons (Fsp3) is 0.455. The Morgan fingerprint density at radius 2 is 2.20 bits per heavy atom. The lowest BCUT2D eigenvalue weighted by Crippen LogP contribution is -2.24. The molecule has 2 rings (SSSR count). The first-order valence-corrected chi connectivity index (χ1v) is 5.64. The van der Waals surface area contributed by atoms with Gasteiger partial charge >= 0.3 is 0 Å². The van der Waals surface area contributed by atoms with E-state index < -0.39 is 0 Å². The molecule has 15 heavy (non-hydrogen) atoms. The van der Waals surface area contributed by atoms with Crippen LogP contribution in [-0.2, 0) is 6.42 Å². The Morgan fingerprint density at radius 1 is 1.53 bits per heavy atom. The van der Waals surface area contributed by atoms with Crippen LogP contribution in [0.3, 0.4) is 0 Å². The summed E-state index contributed by atoms with van der Waals surface area (Å²) in [6.45, 7) is 0. The summed E-state index contributed by atoms with van der Waals surface area (Å²) in [5.41, 5.74) is 6.76. The maximum absolute atomic E-state index is 13.2. The third-order valence-corrected chi connectivity index (χ3v) is 3.63. The van der Waals surface area contributed by atoms with E-state index in [9.17, 15) is 4.39 Å². The Bertz CT molecular complexity index is 390. The van der Waals surface area contributed by atoms with Gasteiger partial charge in [0.2, 0.25) is 0 Å². The molecule has 0 radical (unpaired) electrons. The van der Waals surface area contributed by atoms with E-state index >= 15 is 0 Å². The lowest BCUT2D eigenvalue weighted by Gasteiger charge is -2.13. The SMILES string of the molecule is COc1cc(F)cc(CC2(N)CC2)c1Br. The average molecular weight is 274 g/mol. The van der Waals surface area contributed by atoms with Crippen LogP contribution in [-0.4, -0.2) is 12.6 Å². The van der Waals surface area contributed by atoms with E-state index in [1.54, 1.807) is 0 Å². The summed E-state index contributed by atoms with van der Waals surface area (Å²) in [5, 5.41) is 0. The van der Waals surface area contributed by atoms with Gasteiger partial charge in [-0.25, -0.2) is 4.39 Å². The van der Waals surface area contributed by atoms with Gasteiger partial charge in [-0.05, 0) is 46.8 Å². The van der Waals surface area contributed by atoms with Gasteiger partial charge in [0.1, 0.15) is 11.6 Å². The number of hydrogen-bond donors (Lipinski definition) is 1. The summed E-state index contributed by atoms with van der Waals surface area (Å²) in [6, 6.07) is 2.88. The van der Waals surface area contributed by atoms with Gasteiger partial charge in [0.25, 0.3) is 0 Å². The van der Waals surface area contributed by atoms with Crippen LogP contribution >= 0.6 is 15.9 Å². The highest BCUT2D eigenvalue weighted by Gasteiger charge is 2.38. The summed E-state index contributed by atoms with van der Waals surface area (Å²) < 4.78 is 19.1. The molecular weight excluding hydrogens is 261 g/mol. The molecule has 2 N–H and O–H groups in total. The van der Waals surface area contributed by atoms with Crippen molar-refractivity contribution in [2.75, 3.05) is 7.11 Å². The molecule has 0 saturated heterocycles. The molecule has 0 atom stereocenters. The minimum atomic E-state index is -0.283. The molecule has 1 aromatic rings. The van der Waals surface area contributed by atoms with Crippen LogP contribution in [0.2, 0.25) is 0 Å². The maximum Gasteiger partial charge on any atom is 0.136 e. The topological polar surface area (TPSA) is 35.2 Å². The Morgan fingerprint density at radius 3 is 2.73 bits per heavy atom. The van der Waals surface area contributed by atoms with E-state index in [1.807, 2.05) is 0 Å². The lowest BCUT2D eigenvalue weighted by molar-refractivity contribution is 0.407. The van der Waals surface area contributed by atoms with Crippen LogP contribution in [0.25, 0.3) is 0 Å². The van der Waals surface area contributed by atoms with Gasteiger partial charge in [-0.2, -0.15) is 0 Å². The molecule has 0 aromatic heterocycles. The van der Waals surface area contributed by atoms with Crippen LogP contribution in [0.1, 0.15) is 18.4 Å². The summed E-state index contributed by atoms with van der Waals surface area (Å²) >= 11 is 3.41. The van der Waals surface area contributed by atoms with Gasteiger partial charge in [-0.15, -0.1) is 0 Å². The molecule has 4 heteroatoms. The highest BCUT2D eigenvalue weighted by Crippen LogP contribution is 2.39. The van der Waals surface area contributed by atoms with E-state index in [4.69, 9.17) is 10.5 Å². The van der Waals surface area contributed by atoms with E-state index in [0.29, 0.717) is 12.2 Å². The molecule has 1 aliphatic carbocycles. The predicted octanol–water partition coefficient (Wildman–Crippen LogP) is 2.63.